The zero-order valence-corrected chi connectivity index (χ0v) is 13.6. The zero-order chi connectivity index (χ0) is 16.1. The second kappa shape index (κ2) is 7.93. The molecule has 3 rings (SSSR count). The molecule has 1 aromatic rings. The number of aliphatic hydroxyl groups excluding tert-OH is 1. The van der Waals surface area contributed by atoms with Gasteiger partial charge in [0.1, 0.15) is 6.10 Å². The summed E-state index contributed by atoms with van der Waals surface area (Å²) in [4.78, 5) is 12.6. The number of ether oxygens (including phenoxy) is 1. The third kappa shape index (κ3) is 4.12. The van der Waals surface area contributed by atoms with Crippen molar-refractivity contribution in [2.75, 3.05) is 13.2 Å². The number of carbonyl (C=O) groups excluding carboxylic acids is 1. The summed E-state index contributed by atoms with van der Waals surface area (Å²) in [5.74, 6) is 0.164. The highest BCUT2D eigenvalue weighted by Crippen LogP contribution is 2.30. The van der Waals surface area contributed by atoms with Gasteiger partial charge in [0, 0.05) is 12.5 Å². The SMILES string of the molecule is O=C(NC(c1ccccc1)C1CCOC1)C(O)C1CCCCC1. The van der Waals surface area contributed by atoms with E-state index in [-0.39, 0.29) is 23.8 Å². The molecule has 0 aromatic heterocycles. The van der Waals surface area contributed by atoms with Crippen molar-refractivity contribution >= 4 is 5.91 Å². The first-order chi connectivity index (χ1) is 11.3. The number of nitrogens with one attached hydrogen (secondary N) is 1. The standard InChI is InChI=1S/C19H27NO3/c21-18(15-9-5-2-6-10-15)19(22)20-17(16-11-12-23-13-16)14-7-3-1-4-8-14/h1,3-4,7-8,15-18,21H,2,5-6,9-13H2,(H,20,22). The molecule has 126 valence electrons. The van der Waals surface area contributed by atoms with Gasteiger partial charge in [0.2, 0.25) is 5.91 Å². The van der Waals surface area contributed by atoms with Crippen molar-refractivity contribution in [2.45, 2.75) is 50.7 Å². The molecule has 0 spiro atoms. The molecular weight excluding hydrogens is 290 g/mol. The highest BCUT2D eigenvalue weighted by atomic mass is 16.5. The molecule has 23 heavy (non-hydrogen) atoms. The summed E-state index contributed by atoms with van der Waals surface area (Å²) in [6.07, 6.45) is 5.43. The fourth-order valence-corrected chi connectivity index (χ4v) is 3.85. The van der Waals surface area contributed by atoms with Gasteiger partial charge in [0.25, 0.3) is 0 Å². The average molecular weight is 317 g/mol. The average Bonchev–Trinajstić information content (AvgIpc) is 3.14. The van der Waals surface area contributed by atoms with Gasteiger partial charge in [-0.2, -0.15) is 0 Å². The van der Waals surface area contributed by atoms with Gasteiger partial charge < -0.3 is 15.2 Å². The van der Waals surface area contributed by atoms with Crippen molar-refractivity contribution in [3.63, 3.8) is 0 Å². The molecule has 1 saturated heterocycles. The van der Waals surface area contributed by atoms with E-state index in [1.54, 1.807) is 0 Å². The lowest BCUT2D eigenvalue weighted by Crippen LogP contribution is -2.43. The van der Waals surface area contributed by atoms with E-state index in [1.807, 2.05) is 30.3 Å². The molecule has 4 nitrogen and oxygen atoms in total. The van der Waals surface area contributed by atoms with Crippen LogP contribution in [-0.4, -0.2) is 30.3 Å². The lowest BCUT2D eigenvalue weighted by molar-refractivity contribution is -0.134. The van der Waals surface area contributed by atoms with Crippen LogP contribution in [0.15, 0.2) is 30.3 Å². The van der Waals surface area contributed by atoms with Gasteiger partial charge in [-0.05, 0) is 30.7 Å². The van der Waals surface area contributed by atoms with Crippen LogP contribution < -0.4 is 5.32 Å². The van der Waals surface area contributed by atoms with E-state index in [1.165, 1.54) is 6.42 Å². The Morgan fingerprint density at radius 1 is 1.09 bits per heavy atom. The predicted molar refractivity (Wildman–Crippen MR) is 88.8 cm³/mol. The Hall–Kier alpha value is -1.39. The summed E-state index contributed by atoms with van der Waals surface area (Å²) >= 11 is 0. The molecule has 1 aliphatic heterocycles. The summed E-state index contributed by atoms with van der Waals surface area (Å²) in [6, 6.07) is 9.95. The van der Waals surface area contributed by atoms with E-state index in [0.717, 1.165) is 44.3 Å². The molecule has 0 bridgehead atoms. The third-order valence-electron chi connectivity index (χ3n) is 5.26. The Bertz CT molecular complexity index is 493. The molecular formula is C19H27NO3. The molecule has 2 N–H and O–H groups in total. The van der Waals surface area contributed by atoms with Crippen LogP contribution in [0.5, 0.6) is 0 Å². The second-order valence-electron chi connectivity index (χ2n) is 6.86. The Kier molecular flexibility index (Phi) is 5.68. The van der Waals surface area contributed by atoms with E-state index < -0.39 is 6.10 Å². The highest BCUT2D eigenvalue weighted by Gasteiger charge is 2.33. The normalized spacial score (nSPS) is 25.0. The van der Waals surface area contributed by atoms with Crippen molar-refractivity contribution in [2.24, 2.45) is 11.8 Å². The number of benzene rings is 1. The topological polar surface area (TPSA) is 58.6 Å². The van der Waals surface area contributed by atoms with Crippen LogP contribution in [0.25, 0.3) is 0 Å². The van der Waals surface area contributed by atoms with E-state index in [4.69, 9.17) is 4.74 Å². The molecule has 2 fully saturated rings. The van der Waals surface area contributed by atoms with E-state index in [0.29, 0.717) is 6.61 Å². The van der Waals surface area contributed by atoms with E-state index >= 15 is 0 Å². The molecule has 1 aliphatic carbocycles. The molecule has 1 saturated carbocycles. The number of hydrogen-bond acceptors (Lipinski definition) is 3. The second-order valence-corrected chi connectivity index (χ2v) is 6.86. The van der Waals surface area contributed by atoms with Crippen LogP contribution in [0.1, 0.15) is 50.1 Å². The maximum absolute atomic E-state index is 12.6. The Morgan fingerprint density at radius 2 is 1.83 bits per heavy atom. The minimum absolute atomic E-state index is 0.0792. The first kappa shape index (κ1) is 16.5. The molecule has 0 radical (unpaired) electrons. The van der Waals surface area contributed by atoms with Gasteiger partial charge in [0.15, 0.2) is 0 Å². The summed E-state index contributed by atoms with van der Waals surface area (Å²) in [5.41, 5.74) is 1.09. The van der Waals surface area contributed by atoms with Crippen LogP contribution in [-0.2, 0) is 9.53 Å². The van der Waals surface area contributed by atoms with Gasteiger partial charge in [-0.1, -0.05) is 49.6 Å². The fourth-order valence-electron chi connectivity index (χ4n) is 3.85. The molecule has 3 atom stereocenters. The van der Waals surface area contributed by atoms with Crippen molar-refractivity contribution in [1.82, 2.24) is 5.32 Å². The van der Waals surface area contributed by atoms with E-state index in [2.05, 4.69) is 5.32 Å². The molecule has 1 amide bonds. The maximum Gasteiger partial charge on any atom is 0.249 e. The lowest BCUT2D eigenvalue weighted by Gasteiger charge is -2.29. The first-order valence-corrected chi connectivity index (χ1v) is 8.87. The smallest absolute Gasteiger partial charge is 0.249 e. The Balaban J connectivity index is 1.68. The van der Waals surface area contributed by atoms with Crippen molar-refractivity contribution in [1.29, 1.82) is 0 Å². The maximum atomic E-state index is 12.6. The van der Waals surface area contributed by atoms with Crippen molar-refractivity contribution in [3.05, 3.63) is 35.9 Å². The van der Waals surface area contributed by atoms with Crippen LogP contribution in [0.3, 0.4) is 0 Å². The van der Waals surface area contributed by atoms with Crippen LogP contribution >= 0.6 is 0 Å². The number of carbonyl (C=O) groups is 1. The third-order valence-corrected chi connectivity index (χ3v) is 5.26. The van der Waals surface area contributed by atoms with E-state index in [9.17, 15) is 9.90 Å². The number of rotatable bonds is 5. The van der Waals surface area contributed by atoms with Crippen LogP contribution in [0.4, 0.5) is 0 Å². The molecule has 3 unspecified atom stereocenters. The quantitative estimate of drug-likeness (QED) is 0.878. The molecule has 1 aromatic carbocycles. The van der Waals surface area contributed by atoms with Gasteiger partial charge in [0.05, 0.1) is 12.6 Å². The molecule has 2 aliphatic rings. The van der Waals surface area contributed by atoms with Gasteiger partial charge in [-0.3, -0.25) is 4.79 Å². The Morgan fingerprint density at radius 3 is 2.48 bits per heavy atom. The summed E-state index contributed by atoms with van der Waals surface area (Å²) in [6.45, 7) is 1.41. The van der Waals surface area contributed by atoms with Gasteiger partial charge in [-0.15, -0.1) is 0 Å². The van der Waals surface area contributed by atoms with Crippen molar-refractivity contribution < 1.29 is 14.6 Å². The summed E-state index contributed by atoms with van der Waals surface area (Å²) in [5, 5.41) is 13.5. The lowest BCUT2D eigenvalue weighted by atomic mass is 9.84. The highest BCUT2D eigenvalue weighted by molar-refractivity contribution is 5.81. The predicted octanol–water partition coefficient (Wildman–Crippen LogP) is 2.82. The van der Waals surface area contributed by atoms with Gasteiger partial charge in [-0.25, -0.2) is 0 Å². The summed E-state index contributed by atoms with van der Waals surface area (Å²) < 4.78 is 5.50. The first-order valence-electron chi connectivity index (χ1n) is 8.87. The monoisotopic (exact) mass is 317 g/mol. The number of hydrogen-bond donors (Lipinski definition) is 2. The van der Waals surface area contributed by atoms with Crippen LogP contribution in [0.2, 0.25) is 0 Å². The minimum atomic E-state index is -0.885. The number of amides is 1. The van der Waals surface area contributed by atoms with Crippen LogP contribution in [0, 0.1) is 11.8 Å². The minimum Gasteiger partial charge on any atom is -0.383 e. The van der Waals surface area contributed by atoms with Crippen molar-refractivity contribution in [3.8, 4) is 0 Å². The fraction of sp³-hybridized carbons (Fsp3) is 0.632. The zero-order valence-electron chi connectivity index (χ0n) is 13.6. The largest absolute Gasteiger partial charge is 0.383 e. The summed E-state index contributed by atoms with van der Waals surface area (Å²) in [7, 11) is 0. The van der Waals surface area contributed by atoms with Gasteiger partial charge >= 0.3 is 0 Å². The Labute approximate surface area is 138 Å². The molecule has 1 heterocycles. The number of aliphatic hydroxyl groups is 1. The molecule has 4 heteroatoms.